The van der Waals surface area contributed by atoms with Crippen LogP contribution in [0.1, 0.15) is 145 Å². The third kappa shape index (κ3) is 11.6. The SMILES string of the molecule is COP(Oc1c(C)cccc1C(C)(C)C)Oc1c(C)cccc1C(C)(C)C.Cc1cccc(C(C)(C)C)c1C(OP(O)O)c1c(C)cccc1C(C)(C)C. The lowest BCUT2D eigenvalue weighted by atomic mass is 9.75. The zero-order valence-electron chi connectivity index (χ0n) is 35.9. The van der Waals surface area contributed by atoms with Crippen molar-refractivity contribution >= 4 is 17.2 Å². The summed E-state index contributed by atoms with van der Waals surface area (Å²) in [6.45, 7) is 34.4. The first-order valence-electron chi connectivity index (χ1n) is 18.7. The van der Waals surface area contributed by atoms with E-state index in [4.69, 9.17) is 18.1 Å². The maximum absolute atomic E-state index is 9.81. The van der Waals surface area contributed by atoms with E-state index in [1.165, 1.54) is 0 Å². The minimum Gasteiger partial charge on any atom is -0.417 e. The first kappa shape index (κ1) is 45.6. The van der Waals surface area contributed by atoms with Gasteiger partial charge in [-0.15, -0.1) is 0 Å². The van der Waals surface area contributed by atoms with Crippen molar-refractivity contribution in [1.82, 2.24) is 0 Å². The number of hydrogen-bond acceptors (Lipinski definition) is 6. The first-order chi connectivity index (χ1) is 24.8. The molecule has 4 rings (SSSR count). The summed E-state index contributed by atoms with van der Waals surface area (Å²) in [7, 11) is -2.44. The van der Waals surface area contributed by atoms with Gasteiger partial charge in [-0.1, -0.05) is 156 Å². The van der Waals surface area contributed by atoms with E-state index in [0.717, 1.165) is 67.1 Å². The van der Waals surface area contributed by atoms with Gasteiger partial charge in [-0.05, 0) is 93.9 Å². The van der Waals surface area contributed by atoms with Crippen LogP contribution < -0.4 is 9.05 Å². The molecule has 0 aliphatic heterocycles. The van der Waals surface area contributed by atoms with Crippen molar-refractivity contribution in [3.05, 3.63) is 128 Å². The minimum atomic E-state index is -2.51. The Labute approximate surface area is 329 Å². The van der Waals surface area contributed by atoms with Gasteiger partial charge in [0.15, 0.2) is 0 Å². The molecule has 4 aromatic carbocycles. The number of aryl methyl sites for hydroxylation is 4. The lowest BCUT2D eigenvalue weighted by Gasteiger charge is -2.33. The van der Waals surface area contributed by atoms with Gasteiger partial charge in [0.2, 0.25) is 0 Å². The van der Waals surface area contributed by atoms with E-state index in [1.807, 2.05) is 0 Å². The van der Waals surface area contributed by atoms with E-state index in [9.17, 15) is 9.79 Å². The van der Waals surface area contributed by atoms with E-state index >= 15 is 0 Å². The molecule has 0 atom stereocenters. The molecule has 6 nitrogen and oxygen atoms in total. The molecule has 0 heterocycles. The van der Waals surface area contributed by atoms with E-state index in [0.29, 0.717) is 0 Å². The van der Waals surface area contributed by atoms with Gasteiger partial charge >= 0.3 is 17.2 Å². The van der Waals surface area contributed by atoms with E-state index in [2.05, 4.69) is 184 Å². The molecule has 8 heteroatoms. The summed E-state index contributed by atoms with van der Waals surface area (Å²) in [5.41, 5.74) is 10.8. The fourth-order valence-corrected chi connectivity index (χ4v) is 8.05. The predicted octanol–water partition coefficient (Wildman–Crippen LogP) is 13.4. The Morgan fingerprint density at radius 3 is 1.04 bits per heavy atom. The van der Waals surface area contributed by atoms with Crippen LogP contribution in [-0.4, -0.2) is 16.9 Å². The van der Waals surface area contributed by atoms with Gasteiger partial charge in [0.25, 0.3) is 0 Å². The first-order valence-corrected chi connectivity index (χ1v) is 21.0. The van der Waals surface area contributed by atoms with Crippen LogP contribution in [0.15, 0.2) is 72.8 Å². The molecular formula is C46H66O6P2. The Balaban J connectivity index is 0.000000290. The van der Waals surface area contributed by atoms with Crippen LogP contribution in [0, 0.1) is 27.7 Å². The summed E-state index contributed by atoms with van der Waals surface area (Å²) in [6, 6.07) is 24.9. The normalized spacial score (nSPS) is 12.6. The van der Waals surface area contributed by atoms with Crippen LogP contribution in [0.2, 0.25) is 0 Å². The maximum Gasteiger partial charge on any atom is 0.462 e. The molecule has 0 unspecified atom stereocenters. The molecule has 0 aromatic heterocycles. The van der Waals surface area contributed by atoms with Crippen molar-refractivity contribution in [2.45, 2.75) is 139 Å². The molecule has 0 saturated heterocycles. The largest absolute Gasteiger partial charge is 0.462 e. The summed E-state index contributed by atoms with van der Waals surface area (Å²) >= 11 is 0. The van der Waals surface area contributed by atoms with Crippen LogP contribution in [-0.2, 0) is 30.7 Å². The topological polar surface area (TPSA) is 77.4 Å². The Bertz CT molecular complexity index is 1730. The van der Waals surface area contributed by atoms with E-state index in [-0.39, 0.29) is 21.7 Å². The van der Waals surface area contributed by atoms with E-state index < -0.39 is 23.3 Å². The zero-order chi connectivity index (χ0) is 41.0. The van der Waals surface area contributed by atoms with Crippen molar-refractivity contribution in [1.29, 1.82) is 0 Å². The standard InChI is InChI=1S/2C23H33O3P/c1-16-12-10-14-18(22(3,4)5)20(16)25-27(24-9)26-21-17(2)13-11-15-19(21)23(6,7)8;1-15-11-9-13-17(22(3,4)5)19(15)21(26-27(24)25)20-16(2)12-10-14-18(20)23(6,7)8/h10-15H,1-9H3;9-14,21,24-25H,1-8H3. The Kier molecular flexibility index (Phi) is 15.2. The number of para-hydroxylation sites is 2. The summed E-state index contributed by atoms with van der Waals surface area (Å²) < 4.78 is 24.1. The lowest BCUT2D eigenvalue weighted by molar-refractivity contribution is 0.199. The Morgan fingerprint density at radius 2 is 0.759 bits per heavy atom. The molecule has 0 amide bonds. The summed E-state index contributed by atoms with van der Waals surface area (Å²) in [5, 5.41) is 0. The fourth-order valence-electron chi connectivity index (χ4n) is 6.68. The second-order valence-corrected chi connectivity index (χ2v) is 20.2. The molecule has 0 saturated carbocycles. The minimum absolute atomic E-state index is 0.0324. The summed E-state index contributed by atoms with van der Waals surface area (Å²) in [6.07, 6.45) is -0.531. The zero-order valence-corrected chi connectivity index (χ0v) is 37.7. The molecule has 0 spiro atoms. The molecule has 296 valence electrons. The lowest BCUT2D eigenvalue weighted by Crippen LogP contribution is -2.22. The van der Waals surface area contributed by atoms with Crippen LogP contribution in [0.3, 0.4) is 0 Å². The van der Waals surface area contributed by atoms with Gasteiger partial charge in [-0.2, -0.15) is 0 Å². The average molecular weight is 777 g/mol. The molecule has 2 N–H and O–H groups in total. The van der Waals surface area contributed by atoms with Crippen molar-refractivity contribution in [3.63, 3.8) is 0 Å². The third-order valence-electron chi connectivity index (χ3n) is 9.51. The second-order valence-electron chi connectivity index (χ2n) is 18.3. The highest BCUT2D eigenvalue weighted by Gasteiger charge is 2.33. The molecule has 54 heavy (non-hydrogen) atoms. The smallest absolute Gasteiger partial charge is 0.417 e. The van der Waals surface area contributed by atoms with Gasteiger partial charge in [0, 0.05) is 18.2 Å². The van der Waals surface area contributed by atoms with Crippen molar-refractivity contribution in [3.8, 4) is 11.5 Å². The van der Waals surface area contributed by atoms with Crippen LogP contribution in [0.25, 0.3) is 0 Å². The van der Waals surface area contributed by atoms with Crippen LogP contribution >= 0.6 is 17.2 Å². The molecule has 4 aromatic rings. The van der Waals surface area contributed by atoms with Crippen molar-refractivity contribution in [2.75, 3.05) is 7.11 Å². The molecular weight excluding hydrogens is 710 g/mol. The Hall–Kier alpha value is -2.82. The predicted molar refractivity (Wildman–Crippen MR) is 229 cm³/mol. The second kappa shape index (κ2) is 18.0. The fraction of sp³-hybridized carbons (Fsp3) is 0.478. The monoisotopic (exact) mass is 776 g/mol. The van der Waals surface area contributed by atoms with Crippen LogP contribution in [0.4, 0.5) is 0 Å². The van der Waals surface area contributed by atoms with Crippen molar-refractivity contribution < 1.29 is 27.9 Å². The van der Waals surface area contributed by atoms with Gasteiger partial charge in [0.05, 0.1) is 0 Å². The highest BCUT2D eigenvalue weighted by Crippen LogP contribution is 2.49. The summed E-state index contributed by atoms with van der Waals surface area (Å²) in [4.78, 5) is 19.6. The molecule has 0 aliphatic carbocycles. The number of hydrogen-bond donors (Lipinski definition) is 2. The highest BCUT2D eigenvalue weighted by atomic mass is 31.2. The van der Waals surface area contributed by atoms with Gasteiger partial charge in [0.1, 0.15) is 17.6 Å². The van der Waals surface area contributed by atoms with Crippen LogP contribution in [0.5, 0.6) is 11.5 Å². The van der Waals surface area contributed by atoms with Gasteiger partial charge < -0.3 is 18.8 Å². The molecule has 0 aliphatic rings. The molecule has 0 fully saturated rings. The highest BCUT2D eigenvalue weighted by molar-refractivity contribution is 7.42. The van der Waals surface area contributed by atoms with E-state index in [1.54, 1.807) is 7.11 Å². The van der Waals surface area contributed by atoms with Gasteiger partial charge in [-0.25, -0.2) is 0 Å². The van der Waals surface area contributed by atoms with Gasteiger partial charge in [-0.3, -0.25) is 9.05 Å². The number of rotatable bonds is 9. The molecule has 0 radical (unpaired) electrons. The summed E-state index contributed by atoms with van der Waals surface area (Å²) in [5.74, 6) is 1.70. The maximum atomic E-state index is 9.81. The Morgan fingerprint density at radius 1 is 0.463 bits per heavy atom. The molecule has 0 bridgehead atoms. The van der Waals surface area contributed by atoms with Crippen molar-refractivity contribution in [2.24, 2.45) is 0 Å². The third-order valence-corrected chi connectivity index (χ3v) is 10.9. The average Bonchev–Trinajstić information content (AvgIpc) is 3.03. The number of benzene rings is 4. The quantitative estimate of drug-likeness (QED) is 0.165.